The topological polar surface area (TPSA) is 15.3 Å². The number of nitrogens with zero attached hydrogens (tertiary/aromatic N) is 1. The minimum absolute atomic E-state index is 0.164. The highest BCUT2D eigenvalue weighted by molar-refractivity contribution is 9.10. The van der Waals surface area contributed by atoms with Crippen molar-refractivity contribution in [3.05, 3.63) is 28.2 Å². The van der Waals surface area contributed by atoms with Crippen molar-refractivity contribution in [2.75, 3.05) is 18.0 Å². The van der Waals surface area contributed by atoms with Crippen molar-refractivity contribution < 1.29 is 0 Å². The van der Waals surface area contributed by atoms with Gasteiger partial charge in [0.2, 0.25) is 0 Å². The van der Waals surface area contributed by atoms with E-state index >= 15 is 0 Å². The summed E-state index contributed by atoms with van der Waals surface area (Å²) in [5.41, 5.74) is 2.89. The van der Waals surface area contributed by atoms with E-state index in [1.807, 2.05) is 0 Å². The molecule has 0 radical (unpaired) electrons. The monoisotopic (exact) mass is 350 g/mol. The molecule has 2 aliphatic rings. The normalized spacial score (nSPS) is 25.4. The van der Waals surface area contributed by atoms with Gasteiger partial charge >= 0.3 is 0 Å². The molecule has 0 aromatic heterocycles. The van der Waals surface area contributed by atoms with Gasteiger partial charge in [-0.25, -0.2) is 0 Å². The zero-order valence-electron chi connectivity index (χ0n) is 13.5. The SMILES string of the molecule is CC(C)(C)NCc1ccc(N2CC3CCCC3C2)c(Br)c1. The number of fused-ring (bicyclic) bond motifs is 1. The maximum Gasteiger partial charge on any atom is 0.0511 e. The highest BCUT2D eigenvalue weighted by atomic mass is 79.9. The van der Waals surface area contributed by atoms with Gasteiger partial charge in [0.25, 0.3) is 0 Å². The molecule has 3 heteroatoms. The van der Waals surface area contributed by atoms with E-state index in [4.69, 9.17) is 0 Å². The second-order valence-corrected chi connectivity index (χ2v) is 8.60. The molecule has 1 aromatic carbocycles. The average Bonchev–Trinajstić information content (AvgIpc) is 2.96. The molecule has 1 heterocycles. The van der Waals surface area contributed by atoms with Gasteiger partial charge in [0.1, 0.15) is 0 Å². The summed E-state index contributed by atoms with van der Waals surface area (Å²) < 4.78 is 1.25. The first-order valence-corrected chi connectivity index (χ1v) is 9.00. The first-order chi connectivity index (χ1) is 9.92. The fourth-order valence-electron chi connectivity index (χ4n) is 3.72. The largest absolute Gasteiger partial charge is 0.370 e. The van der Waals surface area contributed by atoms with Gasteiger partial charge < -0.3 is 10.2 Å². The maximum atomic E-state index is 3.79. The van der Waals surface area contributed by atoms with Crippen LogP contribution in [0.3, 0.4) is 0 Å². The Labute approximate surface area is 137 Å². The molecule has 1 N–H and O–H groups in total. The van der Waals surface area contributed by atoms with Crippen molar-refractivity contribution in [2.45, 2.75) is 52.1 Å². The Morgan fingerprint density at radius 2 is 1.86 bits per heavy atom. The average molecular weight is 351 g/mol. The van der Waals surface area contributed by atoms with Gasteiger partial charge in [-0.05, 0) is 79.1 Å². The molecule has 1 aliphatic heterocycles. The lowest BCUT2D eigenvalue weighted by Crippen LogP contribution is -2.35. The first kappa shape index (κ1) is 15.4. The fourth-order valence-corrected chi connectivity index (χ4v) is 4.39. The van der Waals surface area contributed by atoms with Crippen molar-refractivity contribution in [3.63, 3.8) is 0 Å². The molecule has 0 bridgehead atoms. The molecule has 0 spiro atoms. The Kier molecular flexibility index (Phi) is 4.33. The third kappa shape index (κ3) is 3.62. The van der Waals surface area contributed by atoms with Crippen molar-refractivity contribution in [3.8, 4) is 0 Å². The molecule has 1 saturated carbocycles. The van der Waals surface area contributed by atoms with Crippen molar-refractivity contribution >= 4 is 21.6 Å². The summed E-state index contributed by atoms with van der Waals surface area (Å²) in [6, 6.07) is 6.85. The summed E-state index contributed by atoms with van der Waals surface area (Å²) in [4.78, 5) is 2.58. The molecule has 21 heavy (non-hydrogen) atoms. The number of anilines is 1. The van der Waals surface area contributed by atoms with E-state index in [0.29, 0.717) is 0 Å². The zero-order chi connectivity index (χ0) is 15.0. The van der Waals surface area contributed by atoms with Crippen LogP contribution in [0.25, 0.3) is 0 Å². The van der Waals surface area contributed by atoms with E-state index in [1.54, 1.807) is 0 Å². The second-order valence-electron chi connectivity index (χ2n) is 7.75. The van der Waals surface area contributed by atoms with Gasteiger partial charge in [-0.15, -0.1) is 0 Å². The van der Waals surface area contributed by atoms with E-state index in [2.05, 4.69) is 65.1 Å². The molecular formula is C18H27BrN2. The molecule has 2 unspecified atom stereocenters. The zero-order valence-corrected chi connectivity index (χ0v) is 15.0. The number of halogens is 1. The molecule has 2 atom stereocenters. The summed E-state index contributed by atoms with van der Waals surface area (Å²) in [5.74, 6) is 1.89. The van der Waals surface area contributed by atoms with Crippen LogP contribution in [0.1, 0.15) is 45.6 Å². The predicted octanol–water partition coefficient (Wildman–Crippen LogP) is 4.57. The number of nitrogens with one attached hydrogen (secondary N) is 1. The summed E-state index contributed by atoms with van der Waals surface area (Å²) in [6.07, 6.45) is 4.32. The van der Waals surface area contributed by atoms with E-state index < -0.39 is 0 Å². The van der Waals surface area contributed by atoms with Gasteiger partial charge in [-0.1, -0.05) is 12.5 Å². The molecule has 0 amide bonds. The Hall–Kier alpha value is -0.540. The summed E-state index contributed by atoms with van der Waals surface area (Å²) in [6.45, 7) is 10.1. The maximum absolute atomic E-state index is 3.79. The smallest absolute Gasteiger partial charge is 0.0511 e. The molecule has 1 saturated heterocycles. The van der Waals surface area contributed by atoms with E-state index in [1.165, 1.54) is 48.1 Å². The van der Waals surface area contributed by atoms with Crippen molar-refractivity contribution in [1.82, 2.24) is 5.32 Å². The minimum atomic E-state index is 0.164. The first-order valence-electron chi connectivity index (χ1n) is 8.21. The Bertz CT molecular complexity index is 494. The van der Waals surface area contributed by atoms with Gasteiger partial charge in [0.05, 0.1) is 5.69 Å². The van der Waals surface area contributed by atoms with E-state index in [-0.39, 0.29) is 5.54 Å². The van der Waals surface area contributed by atoms with Gasteiger partial charge in [-0.2, -0.15) is 0 Å². The molecule has 116 valence electrons. The predicted molar refractivity (Wildman–Crippen MR) is 93.8 cm³/mol. The Balaban J connectivity index is 1.67. The van der Waals surface area contributed by atoms with Crippen LogP contribution in [0.2, 0.25) is 0 Å². The molecule has 3 rings (SSSR count). The van der Waals surface area contributed by atoms with Gasteiger partial charge in [-0.3, -0.25) is 0 Å². The Morgan fingerprint density at radius 1 is 1.19 bits per heavy atom. The van der Waals surface area contributed by atoms with Crippen LogP contribution in [0.5, 0.6) is 0 Å². The highest BCUT2D eigenvalue weighted by Crippen LogP contribution is 2.41. The van der Waals surface area contributed by atoms with Crippen molar-refractivity contribution in [2.24, 2.45) is 11.8 Å². The van der Waals surface area contributed by atoms with Crippen LogP contribution >= 0.6 is 15.9 Å². The summed E-state index contributed by atoms with van der Waals surface area (Å²) in [5, 5.41) is 3.55. The second kappa shape index (κ2) is 5.92. The number of benzene rings is 1. The molecule has 1 aromatic rings. The lowest BCUT2D eigenvalue weighted by Gasteiger charge is -2.23. The van der Waals surface area contributed by atoms with Crippen LogP contribution in [-0.2, 0) is 6.54 Å². The van der Waals surface area contributed by atoms with Crippen LogP contribution in [0.15, 0.2) is 22.7 Å². The molecular weight excluding hydrogens is 324 g/mol. The third-order valence-electron chi connectivity index (χ3n) is 4.90. The standard InChI is InChI=1S/C18H27BrN2/c1-18(2,3)20-10-13-7-8-17(16(19)9-13)21-11-14-5-4-6-15(14)12-21/h7-9,14-15,20H,4-6,10-12H2,1-3H3. The molecule has 1 aliphatic carbocycles. The Morgan fingerprint density at radius 3 is 2.43 bits per heavy atom. The molecule has 2 fully saturated rings. The van der Waals surface area contributed by atoms with Gasteiger partial charge in [0.15, 0.2) is 0 Å². The lowest BCUT2D eigenvalue weighted by molar-refractivity contribution is 0.424. The van der Waals surface area contributed by atoms with Crippen molar-refractivity contribution in [1.29, 1.82) is 0 Å². The number of hydrogen-bond acceptors (Lipinski definition) is 2. The minimum Gasteiger partial charge on any atom is -0.370 e. The van der Waals surface area contributed by atoms with Crippen LogP contribution < -0.4 is 10.2 Å². The third-order valence-corrected chi connectivity index (χ3v) is 5.54. The van der Waals surface area contributed by atoms with Crippen LogP contribution in [0.4, 0.5) is 5.69 Å². The number of rotatable bonds is 3. The lowest BCUT2D eigenvalue weighted by atomic mass is 10.0. The number of hydrogen-bond donors (Lipinski definition) is 1. The quantitative estimate of drug-likeness (QED) is 0.858. The molecule has 2 nitrogen and oxygen atoms in total. The summed E-state index contributed by atoms with van der Waals surface area (Å²) in [7, 11) is 0. The highest BCUT2D eigenvalue weighted by Gasteiger charge is 2.36. The van der Waals surface area contributed by atoms with E-state index in [9.17, 15) is 0 Å². The fraction of sp³-hybridized carbons (Fsp3) is 0.667. The van der Waals surface area contributed by atoms with Crippen LogP contribution in [0, 0.1) is 11.8 Å². The van der Waals surface area contributed by atoms with Crippen LogP contribution in [-0.4, -0.2) is 18.6 Å². The van der Waals surface area contributed by atoms with E-state index in [0.717, 1.165) is 18.4 Å². The van der Waals surface area contributed by atoms with Gasteiger partial charge in [0, 0.05) is 29.6 Å². The summed E-state index contributed by atoms with van der Waals surface area (Å²) >= 11 is 3.79.